The highest BCUT2D eigenvalue weighted by molar-refractivity contribution is 6.30. The van der Waals surface area contributed by atoms with Crippen molar-refractivity contribution in [1.82, 2.24) is 9.55 Å². The first-order valence-corrected chi connectivity index (χ1v) is 7.32. The van der Waals surface area contributed by atoms with Crippen LogP contribution in [0.4, 0.5) is 0 Å². The van der Waals surface area contributed by atoms with Gasteiger partial charge in [0.15, 0.2) is 0 Å². The Morgan fingerprint density at radius 3 is 2.76 bits per heavy atom. The summed E-state index contributed by atoms with van der Waals surface area (Å²) in [6.45, 7) is 0. The predicted molar refractivity (Wildman–Crippen MR) is 83.2 cm³/mol. The average molecular weight is 294 g/mol. The van der Waals surface area contributed by atoms with E-state index < -0.39 is 0 Å². The second kappa shape index (κ2) is 4.61. The molecule has 0 atom stereocenters. The molecular weight excluding hydrogens is 282 g/mol. The maximum Gasteiger partial charge on any atom is 0.141 e. The van der Waals surface area contributed by atoms with Crippen LogP contribution in [-0.2, 0) is 0 Å². The number of hydrogen-bond acceptors (Lipinski definition) is 2. The second-order valence-electron chi connectivity index (χ2n) is 5.36. The molecule has 0 bridgehead atoms. The van der Waals surface area contributed by atoms with Gasteiger partial charge in [0.05, 0.1) is 22.7 Å². The lowest BCUT2D eigenvalue weighted by atomic mass is 10.2. The van der Waals surface area contributed by atoms with Crippen molar-refractivity contribution in [2.75, 3.05) is 0 Å². The SMILES string of the molecule is N#Cc1ccc2c(c1)nc(-c1cccc(Cl)c1)n2C1CC1. The Kier molecular flexibility index (Phi) is 2.73. The van der Waals surface area contributed by atoms with E-state index in [9.17, 15) is 0 Å². The number of hydrogen-bond donors (Lipinski definition) is 0. The van der Waals surface area contributed by atoms with Gasteiger partial charge in [0.25, 0.3) is 0 Å². The third-order valence-electron chi connectivity index (χ3n) is 3.81. The third kappa shape index (κ3) is 2.09. The van der Waals surface area contributed by atoms with E-state index in [2.05, 4.69) is 10.6 Å². The highest BCUT2D eigenvalue weighted by Gasteiger charge is 2.28. The first-order valence-electron chi connectivity index (χ1n) is 6.94. The maximum atomic E-state index is 9.05. The third-order valence-corrected chi connectivity index (χ3v) is 4.05. The lowest BCUT2D eigenvalue weighted by molar-refractivity contribution is 0.775. The Hall–Kier alpha value is -2.31. The summed E-state index contributed by atoms with van der Waals surface area (Å²) < 4.78 is 2.28. The molecule has 1 aromatic heterocycles. The van der Waals surface area contributed by atoms with Gasteiger partial charge in [-0.2, -0.15) is 5.26 Å². The van der Waals surface area contributed by atoms with Gasteiger partial charge in [-0.1, -0.05) is 23.7 Å². The summed E-state index contributed by atoms with van der Waals surface area (Å²) in [6.07, 6.45) is 2.36. The molecule has 2 aromatic carbocycles. The van der Waals surface area contributed by atoms with E-state index in [1.165, 1.54) is 12.8 Å². The molecule has 3 aromatic rings. The van der Waals surface area contributed by atoms with Gasteiger partial charge in [-0.25, -0.2) is 4.98 Å². The van der Waals surface area contributed by atoms with E-state index in [-0.39, 0.29) is 0 Å². The molecule has 1 aliphatic carbocycles. The van der Waals surface area contributed by atoms with Gasteiger partial charge in [-0.05, 0) is 43.2 Å². The zero-order valence-electron chi connectivity index (χ0n) is 11.3. The summed E-state index contributed by atoms with van der Waals surface area (Å²) in [5.41, 5.74) is 3.62. The molecule has 4 heteroatoms. The van der Waals surface area contributed by atoms with Crippen molar-refractivity contribution in [3.63, 3.8) is 0 Å². The molecule has 1 aliphatic rings. The van der Waals surface area contributed by atoms with Crippen LogP contribution in [-0.4, -0.2) is 9.55 Å². The highest BCUT2D eigenvalue weighted by Crippen LogP contribution is 2.41. The summed E-state index contributed by atoms with van der Waals surface area (Å²) >= 11 is 6.11. The second-order valence-corrected chi connectivity index (χ2v) is 5.80. The lowest BCUT2D eigenvalue weighted by Crippen LogP contribution is -1.97. The molecule has 1 fully saturated rings. The van der Waals surface area contributed by atoms with E-state index in [4.69, 9.17) is 21.8 Å². The number of imidazole rings is 1. The van der Waals surface area contributed by atoms with Gasteiger partial charge < -0.3 is 4.57 Å². The molecule has 3 nitrogen and oxygen atoms in total. The molecule has 0 amide bonds. The van der Waals surface area contributed by atoms with Crippen molar-refractivity contribution in [3.05, 3.63) is 53.1 Å². The van der Waals surface area contributed by atoms with Crippen LogP contribution >= 0.6 is 11.6 Å². The Balaban J connectivity index is 1.99. The molecule has 1 heterocycles. The Bertz CT molecular complexity index is 885. The Labute approximate surface area is 127 Å². The molecule has 0 spiro atoms. The summed E-state index contributed by atoms with van der Waals surface area (Å²) in [5, 5.41) is 9.75. The first kappa shape index (κ1) is 12.4. The van der Waals surface area contributed by atoms with Gasteiger partial charge in [0.1, 0.15) is 5.82 Å². The first-order chi connectivity index (χ1) is 10.3. The van der Waals surface area contributed by atoms with Gasteiger partial charge in [-0.15, -0.1) is 0 Å². The molecule has 0 saturated heterocycles. The topological polar surface area (TPSA) is 41.6 Å². The molecular formula is C17H12ClN3. The lowest BCUT2D eigenvalue weighted by Gasteiger charge is -2.07. The quantitative estimate of drug-likeness (QED) is 0.695. The Morgan fingerprint density at radius 1 is 1.19 bits per heavy atom. The normalized spacial score (nSPS) is 14.3. The van der Waals surface area contributed by atoms with Crippen LogP contribution in [0.2, 0.25) is 5.02 Å². The summed E-state index contributed by atoms with van der Waals surface area (Å²) in [7, 11) is 0. The fourth-order valence-corrected chi connectivity index (χ4v) is 2.89. The highest BCUT2D eigenvalue weighted by atomic mass is 35.5. The van der Waals surface area contributed by atoms with Crippen molar-refractivity contribution < 1.29 is 0 Å². The van der Waals surface area contributed by atoms with E-state index in [1.54, 1.807) is 0 Å². The molecule has 0 radical (unpaired) electrons. The van der Waals surface area contributed by atoms with E-state index in [0.717, 1.165) is 22.4 Å². The molecule has 102 valence electrons. The van der Waals surface area contributed by atoms with Crippen molar-refractivity contribution in [3.8, 4) is 17.5 Å². The fourth-order valence-electron chi connectivity index (χ4n) is 2.70. The van der Waals surface area contributed by atoms with Crippen LogP contribution < -0.4 is 0 Å². The Morgan fingerprint density at radius 2 is 2.05 bits per heavy atom. The van der Waals surface area contributed by atoms with Crippen molar-refractivity contribution in [2.24, 2.45) is 0 Å². The summed E-state index contributed by atoms with van der Waals surface area (Å²) in [6, 6.07) is 16.1. The molecule has 0 aliphatic heterocycles. The van der Waals surface area contributed by atoms with Crippen LogP contribution in [0.15, 0.2) is 42.5 Å². The van der Waals surface area contributed by atoms with Gasteiger partial charge >= 0.3 is 0 Å². The minimum atomic E-state index is 0.511. The minimum Gasteiger partial charge on any atom is -0.321 e. The number of halogens is 1. The number of benzene rings is 2. The molecule has 21 heavy (non-hydrogen) atoms. The molecule has 0 N–H and O–H groups in total. The van der Waals surface area contributed by atoms with Crippen molar-refractivity contribution >= 4 is 22.6 Å². The summed E-state index contributed by atoms with van der Waals surface area (Å²) in [5.74, 6) is 0.935. The fraction of sp³-hybridized carbons (Fsp3) is 0.176. The standard InChI is InChI=1S/C17H12ClN3/c18-13-3-1-2-12(9-13)17-20-15-8-11(10-19)4-7-16(15)21(17)14-5-6-14/h1-4,7-9,14H,5-6H2. The van der Waals surface area contributed by atoms with Crippen LogP contribution in [0.5, 0.6) is 0 Å². The van der Waals surface area contributed by atoms with Crippen LogP contribution in [0.1, 0.15) is 24.4 Å². The number of aromatic nitrogens is 2. The molecule has 0 unspecified atom stereocenters. The monoisotopic (exact) mass is 293 g/mol. The van der Waals surface area contributed by atoms with Crippen molar-refractivity contribution in [2.45, 2.75) is 18.9 Å². The van der Waals surface area contributed by atoms with E-state index in [0.29, 0.717) is 16.6 Å². The molecule has 1 saturated carbocycles. The van der Waals surface area contributed by atoms with E-state index >= 15 is 0 Å². The van der Waals surface area contributed by atoms with Crippen LogP contribution in [0, 0.1) is 11.3 Å². The number of nitrogens with zero attached hydrogens (tertiary/aromatic N) is 3. The summed E-state index contributed by atoms with van der Waals surface area (Å²) in [4.78, 5) is 4.75. The van der Waals surface area contributed by atoms with Gasteiger partial charge in [-0.3, -0.25) is 0 Å². The predicted octanol–water partition coefficient (Wildman–Crippen LogP) is 4.56. The number of rotatable bonds is 2. The number of fused-ring (bicyclic) bond motifs is 1. The van der Waals surface area contributed by atoms with Crippen LogP contribution in [0.3, 0.4) is 0 Å². The van der Waals surface area contributed by atoms with Gasteiger partial charge in [0, 0.05) is 16.6 Å². The zero-order chi connectivity index (χ0) is 14.4. The zero-order valence-corrected chi connectivity index (χ0v) is 12.0. The van der Waals surface area contributed by atoms with Crippen LogP contribution in [0.25, 0.3) is 22.4 Å². The number of nitriles is 1. The van der Waals surface area contributed by atoms with E-state index in [1.807, 2.05) is 42.5 Å². The molecule has 4 rings (SSSR count). The largest absolute Gasteiger partial charge is 0.321 e. The van der Waals surface area contributed by atoms with Gasteiger partial charge in [0.2, 0.25) is 0 Å². The average Bonchev–Trinajstić information content (AvgIpc) is 3.26. The maximum absolute atomic E-state index is 9.05. The minimum absolute atomic E-state index is 0.511. The van der Waals surface area contributed by atoms with Crippen molar-refractivity contribution in [1.29, 1.82) is 5.26 Å². The smallest absolute Gasteiger partial charge is 0.141 e.